The minimum absolute atomic E-state index is 0.114. The maximum atomic E-state index is 12.3. The van der Waals surface area contributed by atoms with Crippen LogP contribution >= 0.6 is 23.2 Å². The van der Waals surface area contributed by atoms with Crippen LogP contribution in [0.4, 0.5) is 11.4 Å². The van der Waals surface area contributed by atoms with Gasteiger partial charge >= 0.3 is 0 Å². The summed E-state index contributed by atoms with van der Waals surface area (Å²) in [5, 5.41) is 6.18. The average molecular weight is 323 g/mol. The second-order valence-corrected chi connectivity index (χ2v) is 5.40. The molecule has 2 aromatic rings. The van der Waals surface area contributed by atoms with Crippen LogP contribution in [-0.4, -0.2) is 22.4 Å². The van der Waals surface area contributed by atoms with E-state index in [1.807, 2.05) is 12.1 Å². The molecule has 0 spiro atoms. The molecule has 3 rings (SSSR count). The zero-order valence-corrected chi connectivity index (χ0v) is 12.5. The quantitative estimate of drug-likeness (QED) is 0.831. The monoisotopic (exact) mass is 322 g/mol. The molecule has 2 heterocycles. The highest BCUT2D eigenvalue weighted by atomic mass is 35.5. The molecule has 0 fully saturated rings. The number of rotatable bonds is 2. The Hall–Kier alpha value is -1.85. The molecule has 0 unspecified atom stereocenters. The number of nitrogens with one attached hydrogen (secondary N) is 2. The minimum Gasteiger partial charge on any atom is -0.385 e. The summed E-state index contributed by atoms with van der Waals surface area (Å²) < 4.78 is 0. The number of amides is 1. The Kier molecular flexibility index (Phi) is 3.94. The minimum atomic E-state index is -0.290. The van der Waals surface area contributed by atoms with Crippen molar-refractivity contribution in [3.63, 3.8) is 0 Å². The molecular weight excluding hydrogens is 311 g/mol. The van der Waals surface area contributed by atoms with E-state index >= 15 is 0 Å². The van der Waals surface area contributed by atoms with Crippen LogP contribution < -0.4 is 10.6 Å². The van der Waals surface area contributed by atoms with Crippen molar-refractivity contribution in [3.05, 3.63) is 46.0 Å². The number of fused-ring (bicyclic) bond motifs is 1. The van der Waals surface area contributed by atoms with Gasteiger partial charge in [0.15, 0.2) is 10.3 Å². The summed E-state index contributed by atoms with van der Waals surface area (Å²) in [6.45, 7) is 0.963. The van der Waals surface area contributed by atoms with Gasteiger partial charge in [0, 0.05) is 17.8 Å². The molecule has 0 saturated heterocycles. The van der Waals surface area contributed by atoms with E-state index in [2.05, 4.69) is 20.6 Å². The topological polar surface area (TPSA) is 66.9 Å². The molecule has 0 aliphatic carbocycles. The number of anilines is 2. The molecule has 0 radical (unpaired) electrons. The van der Waals surface area contributed by atoms with Gasteiger partial charge in [0.25, 0.3) is 5.91 Å². The van der Waals surface area contributed by atoms with Gasteiger partial charge in [-0.15, -0.1) is 0 Å². The standard InChI is InChI=1S/C14H12Cl2N4O/c15-12-11(13(16)19-7-18-12)20-14(21)9-3-4-10-8(6-9)2-1-5-17-10/h3-4,6-7,17H,1-2,5H2,(H,20,21). The highest BCUT2D eigenvalue weighted by molar-refractivity contribution is 6.38. The Morgan fingerprint density at radius 2 is 2.00 bits per heavy atom. The third kappa shape index (κ3) is 2.94. The van der Waals surface area contributed by atoms with Gasteiger partial charge < -0.3 is 10.6 Å². The van der Waals surface area contributed by atoms with Gasteiger partial charge in [-0.25, -0.2) is 9.97 Å². The summed E-state index contributed by atoms with van der Waals surface area (Å²) in [7, 11) is 0. The van der Waals surface area contributed by atoms with E-state index in [0.717, 1.165) is 30.6 Å². The number of aryl methyl sites for hydroxylation is 1. The second-order valence-electron chi connectivity index (χ2n) is 4.69. The summed E-state index contributed by atoms with van der Waals surface area (Å²) in [4.78, 5) is 19.9. The molecule has 7 heteroatoms. The first-order valence-corrected chi connectivity index (χ1v) is 7.25. The van der Waals surface area contributed by atoms with Crippen LogP contribution in [0.3, 0.4) is 0 Å². The van der Waals surface area contributed by atoms with Crippen molar-refractivity contribution in [1.82, 2.24) is 9.97 Å². The van der Waals surface area contributed by atoms with Crippen LogP contribution in [0, 0.1) is 0 Å². The van der Waals surface area contributed by atoms with Gasteiger partial charge in [0.2, 0.25) is 0 Å². The van der Waals surface area contributed by atoms with Gasteiger partial charge in [0.1, 0.15) is 12.0 Å². The van der Waals surface area contributed by atoms with E-state index in [4.69, 9.17) is 23.2 Å². The lowest BCUT2D eigenvalue weighted by atomic mass is 10.0. The van der Waals surface area contributed by atoms with E-state index in [1.54, 1.807) is 6.07 Å². The summed E-state index contributed by atoms with van der Waals surface area (Å²) >= 11 is 11.8. The van der Waals surface area contributed by atoms with Crippen LogP contribution in [0.2, 0.25) is 10.3 Å². The third-order valence-electron chi connectivity index (χ3n) is 3.30. The molecule has 0 atom stereocenters. The first-order valence-electron chi connectivity index (χ1n) is 6.49. The summed E-state index contributed by atoms with van der Waals surface area (Å²) in [6, 6.07) is 5.55. The van der Waals surface area contributed by atoms with E-state index in [1.165, 1.54) is 6.33 Å². The maximum Gasteiger partial charge on any atom is 0.255 e. The van der Waals surface area contributed by atoms with Crippen molar-refractivity contribution in [2.45, 2.75) is 12.8 Å². The fourth-order valence-electron chi connectivity index (χ4n) is 2.25. The van der Waals surface area contributed by atoms with Crippen molar-refractivity contribution >= 4 is 40.5 Å². The molecule has 1 aromatic heterocycles. The van der Waals surface area contributed by atoms with E-state index < -0.39 is 0 Å². The number of halogens is 2. The van der Waals surface area contributed by atoms with Gasteiger partial charge in [-0.3, -0.25) is 4.79 Å². The highest BCUT2D eigenvalue weighted by Gasteiger charge is 2.15. The lowest BCUT2D eigenvalue weighted by Crippen LogP contribution is -2.16. The Morgan fingerprint density at radius 3 is 2.76 bits per heavy atom. The Labute approximate surface area is 131 Å². The maximum absolute atomic E-state index is 12.3. The van der Waals surface area contributed by atoms with Gasteiger partial charge in [-0.1, -0.05) is 23.2 Å². The molecule has 1 aliphatic heterocycles. The van der Waals surface area contributed by atoms with Crippen molar-refractivity contribution in [2.24, 2.45) is 0 Å². The Balaban J connectivity index is 1.86. The van der Waals surface area contributed by atoms with Gasteiger partial charge in [-0.2, -0.15) is 0 Å². The summed E-state index contributed by atoms with van der Waals surface area (Å²) in [5.74, 6) is -0.290. The average Bonchev–Trinajstić information content (AvgIpc) is 2.50. The van der Waals surface area contributed by atoms with Crippen LogP contribution in [0.15, 0.2) is 24.5 Å². The van der Waals surface area contributed by atoms with Gasteiger partial charge in [-0.05, 0) is 36.6 Å². The van der Waals surface area contributed by atoms with E-state index in [-0.39, 0.29) is 21.9 Å². The zero-order chi connectivity index (χ0) is 14.8. The van der Waals surface area contributed by atoms with Crippen molar-refractivity contribution in [1.29, 1.82) is 0 Å². The molecule has 0 saturated carbocycles. The molecule has 21 heavy (non-hydrogen) atoms. The molecule has 5 nitrogen and oxygen atoms in total. The van der Waals surface area contributed by atoms with Crippen molar-refractivity contribution in [2.75, 3.05) is 17.2 Å². The lowest BCUT2D eigenvalue weighted by Gasteiger charge is -2.18. The third-order valence-corrected chi connectivity index (χ3v) is 3.87. The molecule has 1 amide bonds. The van der Waals surface area contributed by atoms with Crippen LogP contribution in [0.1, 0.15) is 22.3 Å². The molecule has 2 N–H and O–H groups in total. The number of aromatic nitrogens is 2. The number of hydrogen-bond donors (Lipinski definition) is 2. The SMILES string of the molecule is O=C(Nc1c(Cl)ncnc1Cl)c1ccc2c(c1)CCCN2. The van der Waals surface area contributed by atoms with Crippen molar-refractivity contribution in [3.8, 4) is 0 Å². The van der Waals surface area contributed by atoms with Crippen LogP contribution in [0.25, 0.3) is 0 Å². The fourth-order valence-corrected chi connectivity index (χ4v) is 2.66. The molecular formula is C14H12Cl2N4O. The molecule has 1 aromatic carbocycles. The first-order chi connectivity index (χ1) is 10.1. The molecule has 108 valence electrons. The molecule has 1 aliphatic rings. The number of benzene rings is 1. The highest BCUT2D eigenvalue weighted by Crippen LogP contribution is 2.27. The first kappa shape index (κ1) is 14.1. The van der Waals surface area contributed by atoms with Crippen LogP contribution in [0.5, 0.6) is 0 Å². The second kappa shape index (κ2) is 5.87. The largest absolute Gasteiger partial charge is 0.385 e. The van der Waals surface area contributed by atoms with E-state index in [0.29, 0.717) is 5.56 Å². The number of hydrogen-bond acceptors (Lipinski definition) is 4. The number of nitrogens with zero attached hydrogens (tertiary/aromatic N) is 2. The van der Waals surface area contributed by atoms with Crippen molar-refractivity contribution < 1.29 is 4.79 Å². The Morgan fingerprint density at radius 1 is 1.24 bits per heavy atom. The fraction of sp³-hybridized carbons (Fsp3) is 0.214. The lowest BCUT2D eigenvalue weighted by molar-refractivity contribution is 0.102. The summed E-state index contributed by atoms with van der Waals surface area (Å²) in [6.07, 6.45) is 3.26. The smallest absolute Gasteiger partial charge is 0.255 e. The van der Waals surface area contributed by atoms with E-state index in [9.17, 15) is 4.79 Å². The zero-order valence-electron chi connectivity index (χ0n) is 11.0. The normalized spacial score (nSPS) is 13.2. The predicted molar refractivity (Wildman–Crippen MR) is 83.3 cm³/mol. The number of carbonyl (C=O) groups is 1. The predicted octanol–water partition coefficient (Wildman–Crippen LogP) is 3.39. The van der Waals surface area contributed by atoms with Gasteiger partial charge in [0.05, 0.1) is 0 Å². The van der Waals surface area contributed by atoms with Crippen LogP contribution in [-0.2, 0) is 6.42 Å². The number of carbonyl (C=O) groups excluding carboxylic acids is 1. The molecule has 0 bridgehead atoms. The summed E-state index contributed by atoms with van der Waals surface area (Å²) in [5.41, 5.74) is 2.99. The Bertz CT molecular complexity index is 685.